The SMILES string of the molecule is Cn1ccnc1[C@H]1OCC[C@@H]1NC(=O)COC1CCCCC1. The summed E-state index contributed by atoms with van der Waals surface area (Å²) in [6, 6.07) is -0.0245. The van der Waals surface area contributed by atoms with E-state index in [0.29, 0.717) is 6.61 Å². The minimum atomic E-state index is -0.168. The van der Waals surface area contributed by atoms with Gasteiger partial charge in [0.05, 0.1) is 12.1 Å². The highest BCUT2D eigenvalue weighted by molar-refractivity contribution is 5.77. The first kappa shape index (κ1) is 15.5. The maximum absolute atomic E-state index is 12.1. The molecule has 2 heterocycles. The molecule has 6 nitrogen and oxygen atoms in total. The Kier molecular flexibility index (Phi) is 5.10. The molecule has 0 spiro atoms. The van der Waals surface area contributed by atoms with Crippen molar-refractivity contribution in [1.82, 2.24) is 14.9 Å². The molecular weight excluding hydrogens is 282 g/mol. The third-order valence-corrected chi connectivity index (χ3v) is 4.55. The summed E-state index contributed by atoms with van der Waals surface area (Å²) in [5, 5.41) is 3.04. The second kappa shape index (κ2) is 7.24. The minimum Gasteiger partial charge on any atom is -0.368 e. The number of amides is 1. The molecule has 1 aromatic rings. The fraction of sp³-hybridized carbons (Fsp3) is 0.750. The second-order valence-corrected chi connectivity index (χ2v) is 6.22. The Morgan fingerprint density at radius 2 is 2.23 bits per heavy atom. The maximum atomic E-state index is 12.1. The lowest BCUT2D eigenvalue weighted by molar-refractivity contribution is -0.129. The van der Waals surface area contributed by atoms with Crippen LogP contribution in [0.5, 0.6) is 0 Å². The van der Waals surface area contributed by atoms with E-state index in [9.17, 15) is 4.79 Å². The van der Waals surface area contributed by atoms with Crippen LogP contribution in [0.2, 0.25) is 0 Å². The van der Waals surface area contributed by atoms with Crippen molar-refractivity contribution >= 4 is 5.91 Å². The predicted molar refractivity (Wildman–Crippen MR) is 81.3 cm³/mol. The van der Waals surface area contributed by atoms with Crippen molar-refractivity contribution in [2.24, 2.45) is 7.05 Å². The molecule has 122 valence electrons. The Labute approximate surface area is 131 Å². The largest absolute Gasteiger partial charge is 0.368 e. The molecule has 1 saturated heterocycles. The number of imidazole rings is 1. The van der Waals surface area contributed by atoms with Crippen molar-refractivity contribution in [1.29, 1.82) is 0 Å². The van der Waals surface area contributed by atoms with Crippen molar-refractivity contribution in [2.45, 2.75) is 56.8 Å². The number of hydrogen-bond acceptors (Lipinski definition) is 4. The zero-order chi connectivity index (χ0) is 15.4. The first-order chi connectivity index (χ1) is 10.7. The number of carbonyl (C=O) groups is 1. The average molecular weight is 307 g/mol. The van der Waals surface area contributed by atoms with Gasteiger partial charge in [-0.15, -0.1) is 0 Å². The van der Waals surface area contributed by atoms with Crippen molar-refractivity contribution in [3.8, 4) is 0 Å². The van der Waals surface area contributed by atoms with Gasteiger partial charge in [0, 0.05) is 26.0 Å². The van der Waals surface area contributed by atoms with Gasteiger partial charge in [0.25, 0.3) is 0 Å². The Balaban J connectivity index is 1.49. The molecule has 1 aliphatic carbocycles. The molecule has 1 aromatic heterocycles. The van der Waals surface area contributed by atoms with Crippen molar-refractivity contribution < 1.29 is 14.3 Å². The molecule has 1 N–H and O–H groups in total. The van der Waals surface area contributed by atoms with Gasteiger partial charge < -0.3 is 19.4 Å². The smallest absolute Gasteiger partial charge is 0.246 e. The van der Waals surface area contributed by atoms with Crippen LogP contribution in [0.4, 0.5) is 0 Å². The third kappa shape index (κ3) is 3.67. The second-order valence-electron chi connectivity index (χ2n) is 6.22. The monoisotopic (exact) mass is 307 g/mol. The number of rotatable bonds is 5. The number of nitrogens with one attached hydrogen (secondary N) is 1. The molecule has 3 rings (SSSR count). The summed E-state index contributed by atoms with van der Waals surface area (Å²) >= 11 is 0. The number of nitrogens with zero attached hydrogens (tertiary/aromatic N) is 2. The normalized spacial score (nSPS) is 26.2. The minimum absolute atomic E-state index is 0.0245. The molecule has 1 aliphatic heterocycles. The number of ether oxygens (including phenoxy) is 2. The maximum Gasteiger partial charge on any atom is 0.246 e. The summed E-state index contributed by atoms with van der Waals surface area (Å²) < 4.78 is 13.4. The van der Waals surface area contributed by atoms with Gasteiger partial charge in [-0.05, 0) is 19.3 Å². The molecule has 22 heavy (non-hydrogen) atoms. The van der Waals surface area contributed by atoms with Gasteiger partial charge >= 0.3 is 0 Å². The lowest BCUT2D eigenvalue weighted by Crippen LogP contribution is -2.40. The van der Waals surface area contributed by atoms with Crippen LogP contribution in [-0.4, -0.2) is 40.8 Å². The zero-order valence-electron chi connectivity index (χ0n) is 13.2. The van der Waals surface area contributed by atoms with Crippen molar-refractivity contribution in [2.75, 3.05) is 13.2 Å². The number of aromatic nitrogens is 2. The molecular formula is C16H25N3O3. The summed E-state index contributed by atoms with van der Waals surface area (Å²) in [4.78, 5) is 16.5. The van der Waals surface area contributed by atoms with E-state index in [2.05, 4.69) is 10.3 Å². The molecule has 0 unspecified atom stereocenters. The number of carbonyl (C=O) groups excluding carboxylic acids is 1. The standard InChI is InChI=1S/C16H25N3O3/c1-19-9-8-17-16(19)15-13(7-10-21-15)18-14(20)11-22-12-5-3-2-4-6-12/h8-9,12-13,15H,2-7,10-11H2,1H3,(H,18,20)/t13-,15-/m0/s1. The van der Waals surface area contributed by atoms with Gasteiger partial charge in [-0.3, -0.25) is 4.79 Å². The molecule has 1 amide bonds. The lowest BCUT2D eigenvalue weighted by Gasteiger charge is -2.23. The van der Waals surface area contributed by atoms with Crippen LogP contribution >= 0.6 is 0 Å². The van der Waals surface area contributed by atoms with Crippen LogP contribution in [0.3, 0.4) is 0 Å². The highest BCUT2D eigenvalue weighted by Crippen LogP contribution is 2.27. The lowest BCUT2D eigenvalue weighted by atomic mass is 9.98. The van der Waals surface area contributed by atoms with Crippen LogP contribution in [-0.2, 0) is 21.3 Å². The topological polar surface area (TPSA) is 65.4 Å². The summed E-state index contributed by atoms with van der Waals surface area (Å²) in [5.74, 6) is 0.802. The fourth-order valence-corrected chi connectivity index (χ4v) is 3.32. The van der Waals surface area contributed by atoms with E-state index in [0.717, 1.165) is 25.1 Å². The van der Waals surface area contributed by atoms with Crippen LogP contribution in [0, 0.1) is 0 Å². The number of hydrogen-bond donors (Lipinski definition) is 1. The molecule has 2 aliphatic rings. The highest BCUT2D eigenvalue weighted by atomic mass is 16.5. The molecule has 2 atom stereocenters. The Hall–Kier alpha value is -1.40. The summed E-state index contributed by atoms with van der Waals surface area (Å²) in [7, 11) is 1.94. The Morgan fingerprint density at radius 1 is 1.41 bits per heavy atom. The first-order valence-corrected chi connectivity index (χ1v) is 8.24. The van der Waals surface area contributed by atoms with E-state index in [4.69, 9.17) is 9.47 Å². The molecule has 2 fully saturated rings. The quantitative estimate of drug-likeness (QED) is 0.899. The first-order valence-electron chi connectivity index (χ1n) is 8.24. The van der Waals surface area contributed by atoms with Crippen LogP contribution in [0.15, 0.2) is 12.4 Å². The van der Waals surface area contributed by atoms with Gasteiger partial charge in [-0.1, -0.05) is 19.3 Å². The van der Waals surface area contributed by atoms with Crippen LogP contribution in [0.1, 0.15) is 50.5 Å². The highest BCUT2D eigenvalue weighted by Gasteiger charge is 2.33. The molecule has 1 saturated carbocycles. The summed E-state index contributed by atoms with van der Waals surface area (Å²) in [5.41, 5.74) is 0. The van der Waals surface area contributed by atoms with Crippen LogP contribution < -0.4 is 5.32 Å². The predicted octanol–water partition coefficient (Wildman–Crippen LogP) is 1.72. The molecule has 0 bridgehead atoms. The van der Waals surface area contributed by atoms with Crippen molar-refractivity contribution in [3.63, 3.8) is 0 Å². The van der Waals surface area contributed by atoms with Gasteiger partial charge in [-0.25, -0.2) is 4.98 Å². The van der Waals surface area contributed by atoms with E-state index >= 15 is 0 Å². The van der Waals surface area contributed by atoms with Gasteiger partial charge in [0.2, 0.25) is 5.91 Å². The van der Waals surface area contributed by atoms with E-state index in [-0.39, 0.29) is 30.8 Å². The zero-order valence-corrected chi connectivity index (χ0v) is 13.2. The van der Waals surface area contributed by atoms with E-state index in [1.54, 1.807) is 6.20 Å². The molecule has 0 aromatic carbocycles. The Morgan fingerprint density at radius 3 is 2.95 bits per heavy atom. The molecule has 6 heteroatoms. The van der Waals surface area contributed by atoms with E-state index in [1.165, 1.54) is 19.3 Å². The van der Waals surface area contributed by atoms with Crippen molar-refractivity contribution in [3.05, 3.63) is 18.2 Å². The van der Waals surface area contributed by atoms with Gasteiger partial charge in [-0.2, -0.15) is 0 Å². The fourth-order valence-electron chi connectivity index (χ4n) is 3.32. The van der Waals surface area contributed by atoms with Gasteiger partial charge in [0.15, 0.2) is 0 Å². The van der Waals surface area contributed by atoms with Crippen LogP contribution in [0.25, 0.3) is 0 Å². The van der Waals surface area contributed by atoms with E-state index < -0.39 is 0 Å². The summed E-state index contributed by atoms with van der Waals surface area (Å²) in [6.45, 7) is 0.792. The van der Waals surface area contributed by atoms with Gasteiger partial charge in [0.1, 0.15) is 18.5 Å². The van der Waals surface area contributed by atoms with E-state index in [1.807, 2.05) is 17.8 Å². The Bertz CT molecular complexity index is 497. The summed E-state index contributed by atoms with van der Waals surface area (Å²) in [6.07, 6.45) is 10.4. The molecule has 0 radical (unpaired) electrons. The average Bonchev–Trinajstić information content (AvgIpc) is 3.15. The number of aryl methyl sites for hydroxylation is 1. The third-order valence-electron chi connectivity index (χ3n) is 4.55.